The third kappa shape index (κ3) is 3.81. The molecule has 0 spiro atoms. The zero-order chi connectivity index (χ0) is 14.5. The molecule has 0 atom stereocenters. The molecule has 106 valence electrons. The van der Waals surface area contributed by atoms with Gasteiger partial charge in [-0.05, 0) is 25.0 Å². The Kier molecular flexibility index (Phi) is 4.74. The normalized spacial score (nSPS) is 11.9. The first-order chi connectivity index (χ1) is 9.56. The predicted molar refractivity (Wildman–Crippen MR) is 86.3 cm³/mol. The molecule has 20 heavy (non-hydrogen) atoms. The number of nitrogens with one attached hydrogen (secondary N) is 1. The highest BCUT2D eigenvalue weighted by Gasteiger charge is 2.10. The quantitative estimate of drug-likeness (QED) is 0.668. The van der Waals surface area contributed by atoms with Crippen molar-refractivity contribution in [2.75, 3.05) is 5.32 Å². The largest absolute Gasteiger partial charge is 0.370 e. The van der Waals surface area contributed by atoms with Crippen LogP contribution in [0, 0.1) is 6.92 Å². The van der Waals surface area contributed by atoms with Crippen molar-refractivity contribution in [3.8, 4) is 0 Å². The Bertz CT molecular complexity index is 587. The van der Waals surface area contributed by atoms with Crippen LogP contribution in [0.3, 0.4) is 0 Å². The highest BCUT2D eigenvalue weighted by molar-refractivity contribution is 7.11. The van der Waals surface area contributed by atoms with Crippen LogP contribution in [0.2, 0.25) is 0 Å². The molecule has 0 amide bonds. The Balaban J connectivity index is 2.00. The first-order valence-electron chi connectivity index (χ1n) is 6.64. The fourth-order valence-electron chi connectivity index (χ4n) is 1.93. The number of aromatic nitrogens is 1. The molecule has 2 rings (SSSR count). The lowest BCUT2D eigenvalue weighted by Gasteiger charge is -2.04. The highest BCUT2D eigenvalue weighted by Crippen LogP contribution is 2.24. The van der Waals surface area contributed by atoms with E-state index in [9.17, 15) is 0 Å². The zero-order valence-electron chi connectivity index (χ0n) is 12.1. The fraction of sp³-hybridized carbons (Fsp3) is 0.333. The Morgan fingerprint density at radius 3 is 2.65 bits per heavy atom. The maximum Gasteiger partial charge on any atom is 0.193 e. The van der Waals surface area contributed by atoms with E-state index in [1.807, 2.05) is 30.3 Å². The molecule has 0 aliphatic carbocycles. The van der Waals surface area contributed by atoms with Crippen molar-refractivity contribution in [3.63, 3.8) is 0 Å². The average Bonchev–Trinajstić information content (AvgIpc) is 2.79. The second-order valence-electron chi connectivity index (χ2n) is 4.90. The van der Waals surface area contributed by atoms with E-state index in [1.165, 1.54) is 4.88 Å². The van der Waals surface area contributed by atoms with Gasteiger partial charge in [-0.15, -0.1) is 11.3 Å². The number of aliphatic imine (C=N–C) groups is 1. The molecule has 0 saturated heterocycles. The number of hydrogen-bond donors (Lipinski definition) is 2. The van der Waals surface area contributed by atoms with Crippen LogP contribution >= 0.6 is 11.3 Å². The zero-order valence-corrected chi connectivity index (χ0v) is 12.9. The lowest BCUT2D eigenvalue weighted by molar-refractivity contribution is 0.814. The van der Waals surface area contributed by atoms with Crippen LogP contribution in [-0.2, 0) is 6.54 Å². The number of hydrogen-bond acceptors (Lipinski definition) is 3. The molecular formula is C15H20N4S. The number of rotatable bonds is 4. The number of nitrogens with two attached hydrogens (primary N) is 1. The van der Waals surface area contributed by atoms with Gasteiger partial charge < -0.3 is 11.1 Å². The lowest BCUT2D eigenvalue weighted by Crippen LogP contribution is -2.22. The van der Waals surface area contributed by atoms with Crippen LogP contribution < -0.4 is 11.1 Å². The van der Waals surface area contributed by atoms with Gasteiger partial charge in [-0.1, -0.05) is 32.0 Å². The van der Waals surface area contributed by atoms with E-state index in [0.717, 1.165) is 16.4 Å². The summed E-state index contributed by atoms with van der Waals surface area (Å²) in [5.41, 5.74) is 7.97. The van der Waals surface area contributed by atoms with Crippen LogP contribution in [0.4, 0.5) is 5.69 Å². The van der Waals surface area contributed by atoms with Crippen molar-refractivity contribution >= 4 is 23.0 Å². The molecule has 0 fully saturated rings. The van der Waals surface area contributed by atoms with Crippen LogP contribution in [0.1, 0.15) is 35.3 Å². The van der Waals surface area contributed by atoms with E-state index in [2.05, 4.69) is 36.1 Å². The second kappa shape index (κ2) is 6.52. The van der Waals surface area contributed by atoms with E-state index in [0.29, 0.717) is 18.4 Å². The monoisotopic (exact) mass is 288 g/mol. The number of thiazole rings is 1. The predicted octanol–water partition coefficient (Wildman–Crippen LogP) is 3.50. The Morgan fingerprint density at radius 2 is 2.05 bits per heavy atom. The Hall–Kier alpha value is -1.88. The van der Waals surface area contributed by atoms with Gasteiger partial charge in [-0.25, -0.2) is 9.98 Å². The van der Waals surface area contributed by atoms with E-state index in [1.54, 1.807) is 11.3 Å². The summed E-state index contributed by atoms with van der Waals surface area (Å²) in [7, 11) is 0. The number of anilines is 1. The van der Waals surface area contributed by atoms with Crippen molar-refractivity contribution < 1.29 is 0 Å². The minimum absolute atomic E-state index is 0.412. The highest BCUT2D eigenvalue weighted by atomic mass is 32.1. The molecule has 5 heteroatoms. The van der Waals surface area contributed by atoms with E-state index in [-0.39, 0.29) is 0 Å². The molecule has 1 heterocycles. The number of nitrogens with zero attached hydrogens (tertiary/aromatic N) is 2. The van der Waals surface area contributed by atoms with Gasteiger partial charge in [0.25, 0.3) is 0 Å². The summed E-state index contributed by atoms with van der Waals surface area (Å²) in [6, 6.07) is 9.77. The molecular weight excluding hydrogens is 268 g/mol. The number of guanidine groups is 1. The summed E-state index contributed by atoms with van der Waals surface area (Å²) in [6.45, 7) is 6.93. The van der Waals surface area contributed by atoms with Crippen molar-refractivity contribution in [3.05, 3.63) is 45.9 Å². The van der Waals surface area contributed by atoms with Gasteiger partial charge in [0, 0.05) is 10.6 Å². The van der Waals surface area contributed by atoms with Gasteiger partial charge in [0.05, 0.1) is 12.2 Å². The molecule has 0 aliphatic heterocycles. The van der Waals surface area contributed by atoms with Crippen LogP contribution in [0.15, 0.2) is 35.3 Å². The van der Waals surface area contributed by atoms with Crippen molar-refractivity contribution in [1.29, 1.82) is 0 Å². The first-order valence-corrected chi connectivity index (χ1v) is 7.46. The molecule has 0 unspecified atom stereocenters. The topological polar surface area (TPSA) is 63.3 Å². The second-order valence-corrected chi connectivity index (χ2v) is 6.18. The molecule has 4 nitrogen and oxygen atoms in total. The van der Waals surface area contributed by atoms with Crippen molar-refractivity contribution in [2.45, 2.75) is 33.2 Å². The van der Waals surface area contributed by atoms with Gasteiger partial charge in [0.1, 0.15) is 5.01 Å². The van der Waals surface area contributed by atoms with E-state index in [4.69, 9.17) is 5.73 Å². The van der Waals surface area contributed by atoms with Crippen molar-refractivity contribution in [1.82, 2.24) is 4.98 Å². The molecule has 1 aromatic heterocycles. The maximum absolute atomic E-state index is 5.87. The lowest BCUT2D eigenvalue weighted by atomic mass is 10.1. The number of para-hydroxylation sites is 1. The molecule has 0 bridgehead atoms. The smallest absolute Gasteiger partial charge is 0.193 e. The summed E-state index contributed by atoms with van der Waals surface area (Å²) < 4.78 is 0. The average molecular weight is 288 g/mol. The van der Waals surface area contributed by atoms with Crippen LogP contribution in [0.25, 0.3) is 0 Å². The molecule has 3 N–H and O–H groups in total. The third-order valence-electron chi connectivity index (χ3n) is 2.85. The molecule has 0 saturated carbocycles. The molecule has 0 radical (unpaired) electrons. The van der Waals surface area contributed by atoms with Gasteiger partial charge in [-0.3, -0.25) is 0 Å². The number of aryl methyl sites for hydroxylation is 1. The molecule has 1 aromatic carbocycles. The van der Waals surface area contributed by atoms with E-state index >= 15 is 0 Å². The summed E-state index contributed by atoms with van der Waals surface area (Å²) in [4.78, 5) is 10.2. The van der Waals surface area contributed by atoms with Crippen LogP contribution in [0.5, 0.6) is 0 Å². The minimum atomic E-state index is 0.412. The maximum atomic E-state index is 5.87. The number of benzene rings is 1. The minimum Gasteiger partial charge on any atom is -0.370 e. The Morgan fingerprint density at radius 1 is 1.35 bits per heavy atom. The first kappa shape index (κ1) is 14.5. The van der Waals surface area contributed by atoms with Gasteiger partial charge >= 0.3 is 0 Å². The van der Waals surface area contributed by atoms with Gasteiger partial charge in [0.2, 0.25) is 0 Å². The molecule has 2 aromatic rings. The summed E-state index contributed by atoms with van der Waals surface area (Å²) in [5.74, 6) is 0.860. The van der Waals surface area contributed by atoms with Gasteiger partial charge in [0.15, 0.2) is 5.96 Å². The SMILES string of the molecule is Cc1sc(CN=C(N)Nc2ccccc2)nc1C(C)C. The van der Waals surface area contributed by atoms with Gasteiger partial charge in [-0.2, -0.15) is 0 Å². The van der Waals surface area contributed by atoms with E-state index < -0.39 is 0 Å². The fourth-order valence-corrected chi connectivity index (χ4v) is 2.94. The van der Waals surface area contributed by atoms with Crippen LogP contribution in [-0.4, -0.2) is 10.9 Å². The molecule has 0 aliphatic rings. The standard InChI is InChI=1S/C15H20N4S/c1-10(2)14-11(3)20-13(19-14)9-17-15(16)18-12-7-5-4-6-8-12/h4-8,10H,9H2,1-3H3,(H3,16,17,18). The summed E-state index contributed by atoms with van der Waals surface area (Å²) in [5, 5.41) is 4.06. The Labute approximate surface area is 123 Å². The third-order valence-corrected chi connectivity index (χ3v) is 3.83. The van der Waals surface area contributed by atoms with Crippen molar-refractivity contribution in [2.24, 2.45) is 10.7 Å². The summed E-state index contributed by atoms with van der Waals surface area (Å²) >= 11 is 1.69. The summed E-state index contributed by atoms with van der Waals surface area (Å²) in [6.07, 6.45) is 0.